The third kappa shape index (κ3) is 4.07. The van der Waals surface area contributed by atoms with E-state index in [1.807, 2.05) is 12.1 Å². The lowest BCUT2D eigenvalue weighted by Crippen LogP contribution is -2.05. The van der Waals surface area contributed by atoms with Crippen molar-refractivity contribution in [2.45, 2.75) is 38.5 Å². The first-order valence-electron chi connectivity index (χ1n) is 9.23. The molecule has 0 aliphatic carbocycles. The van der Waals surface area contributed by atoms with Crippen molar-refractivity contribution >= 4 is 5.78 Å². The highest BCUT2D eigenvalue weighted by atomic mass is 16.7. The van der Waals surface area contributed by atoms with Gasteiger partial charge in [-0.1, -0.05) is 11.2 Å². The lowest BCUT2D eigenvalue weighted by atomic mass is 10.00. The van der Waals surface area contributed by atoms with Crippen molar-refractivity contribution in [3.63, 3.8) is 0 Å². The molecule has 0 N–H and O–H groups in total. The van der Waals surface area contributed by atoms with Crippen LogP contribution in [0.4, 0.5) is 0 Å². The van der Waals surface area contributed by atoms with E-state index in [1.165, 1.54) is 5.56 Å². The summed E-state index contributed by atoms with van der Waals surface area (Å²) in [5, 5.41) is 3.94. The van der Waals surface area contributed by atoms with Crippen molar-refractivity contribution in [3.8, 4) is 11.5 Å². The number of rotatable bonds is 8. The van der Waals surface area contributed by atoms with Crippen LogP contribution in [0.15, 0.2) is 28.8 Å². The molecule has 4 rings (SSSR count). The molecule has 6 heteroatoms. The Hall–Kier alpha value is -2.34. The van der Waals surface area contributed by atoms with Crippen molar-refractivity contribution < 1.29 is 23.5 Å². The molecule has 0 amide bonds. The quantitative estimate of drug-likeness (QED) is 0.673. The van der Waals surface area contributed by atoms with Crippen LogP contribution in [0.3, 0.4) is 0 Å². The van der Waals surface area contributed by atoms with Gasteiger partial charge < -0.3 is 18.7 Å². The summed E-state index contributed by atoms with van der Waals surface area (Å²) < 4.78 is 21.4. The highest BCUT2D eigenvalue weighted by Gasteiger charge is 2.19. The maximum atomic E-state index is 12.2. The monoisotopic (exact) mass is 357 g/mol. The van der Waals surface area contributed by atoms with Crippen molar-refractivity contribution in [3.05, 3.63) is 41.3 Å². The van der Waals surface area contributed by atoms with E-state index in [0.29, 0.717) is 24.8 Å². The molecule has 1 aromatic carbocycles. The minimum atomic E-state index is 0.0580. The van der Waals surface area contributed by atoms with E-state index in [0.717, 1.165) is 62.6 Å². The number of aryl methyl sites for hydroxylation is 2. The van der Waals surface area contributed by atoms with Crippen LogP contribution in [-0.4, -0.2) is 30.9 Å². The van der Waals surface area contributed by atoms with Gasteiger partial charge in [-0.25, -0.2) is 0 Å². The second-order valence-electron chi connectivity index (χ2n) is 6.91. The zero-order valence-corrected chi connectivity index (χ0v) is 14.7. The van der Waals surface area contributed by atoms with Gasteiger partial charge in [0.25, 0.3) is 0 Å². The van der Waals surface area contributed by atoms with Crippen LogP contribution in [0.25, 0.3) is 0 Å². The molecule has 0 spiro atoms. The Labute approximate surface area is 152 Å². The number of Topliss-reactive ketones (excluding diaryl/α,β-unsaturated/α-hetero) is 1. The van der Waals surface area contributed by atoms with Gasteiger partial charge in [0, 0.05) is 32.1 Å². The van der Waals surface area contributed by atoms with Crippen LogP contribution in [0, 0.1) is 5.92 Å². The number of ketones is 1. The van der Waals surface area contributed by atoms with Crippen LogP contribution >= 0.6 is 0 Å². The first-order chi connectivity index (χ1) is 12.8. The number of nitrogens with zero attached hydrogens (tertiary/aromatic N) is 1. The summed E-state index contributed by atoms with van der Waals surface area (Å²) in [4.78, 5) is 12.2. The number of benzene rings is 1. The number of hydrogen-bond acceptors (Lipinski definition) is 6. The van der Waals surface area contributed by atoms with E-state index >= 15 is 0 Å². The van der Waals surface area contributed by atoms with Crippen molar-refractivity contribution in [1.82, 2.24) is 5.16 Å². The van der Waals surface area contributed by atoms with E-state index in [2.05, 4.69) is 11.2 Å². The third-order valence-electron chi connectivity index (χ3n) is 4.97. The number of carbonyl (C=O) groups excluding carboxylic acids is 1. The summed E-state index contributed by atoms with van der Waals surface area (Å²) in [5.41, 5.74) is 1.64. The van der Waals surface area contributed by atoms with Gasteiger partial charge in [0.1, 0.15) is 11.5 Å². The molecule has 3 heterocycles. The molecule has 1 atom stereocenters. The van der Waals surface area contributed by atoms with Crippen LogP contribution < -0.4 is 9.47 Å². The van der Waals surface area contributed by atoms with Crippen LogP contribution in [-0.2, 0) is 17.6 Å². The molecular formula is C20H23NO5. The number of fused-ring (bicyclic) bond motifs is 1. The predicted octanol–water partition coefficient (Wildman–Crippen LogP) is 3.58. The largest absolute Gasteiger partial charge is 0.454 e. The average molecular weight is 357 g/mol. The minimum absolute atomic E-state index is 0.0580. The normalized spacial score (nSPS) is 18.4. The fraction of sp³-hybridized carbons (Fsp3) is 0.500. The summed E-state index contributed by atoms with van der Waals surface area (Å²) in [6.45, 7) is 1.88. The Bertz CT molecular complexity index is 763. The van der Waals surface area contributed by atoms with Gasteiger partial charge >= 0.3 is 0 Å². The fourth-order valence-corrected chi connectivity index (χ4v) is 3.40. The Balaban J connectivity index is 1.23. The van der Waals surface area contributed by atoms with Gasteiger partial charge in [-0.15, -0.1) is 0 Å². The molecule has 2 aromatic rings. The topological polar surface area (TPSA) is 70.8 Å². The first kappa shape index (κ1) is 17.1. The Morgan fingerprint density at radius 2 is 2.08 bits per heavy atom. The number of hydrogen-bond donors (Lipinski definition) is 0. The Morgan fingerprint density at radius 1 is 1.15 bits per heavy atom. The van der Waals surface area contributed by atoms with E-state index < -0.39 is 0 Å². The predicted molar refractivity (Wildman–Crippen MR) is 93.6 cm³/mol. The molecular weight excluding hydrogens is 334 g/mol. The summed E-state index contributed by atoms with van der Waals surface area (Å²) in [7, 11) is 0. The van der Waals surface area contributed by atoms with Gasteiger partial charge in [0.2, 0.25) is 6.79 Å². The van der Waals surface area contributed by atoms with E-state index in [1.54, 1.807) is 6.07 Å². The molecule has 138 valence electrons. The first-order valence-corrected chi connectivity index (χ1v) is 9.23. The van der Waals surface area contributed by atoms with Gasteiger partial charge in [-0.2, -0.15) is 0 Å². The number of aromatic nitrogens is 1. The molecule has 6 nitrogen and oxygen atoms in total. The highest BCUT2D eigenvalue weighted by molar-refractivity contribution is 5.94. The summed E-state index contributed by atoms with van der Waals surface area (Å²) in [6, 6.07) is 7.80. The summed E-state index contributed by atoms with van der Waals surface area (Å²) >= 11 is 0. The smallest absolute Gasteiger partial charge is 0.231 e. The second kappa shape index (κ2) is 7.91. The van der Waals surface area contributed by atoms with Crippen LogP contribution in [0.1, 0.15) is 47.5 Å². The Morgan fingerprint density at radius 3 is 2.96 bits per heavy atom. The molecule has 1 saturated heterocycles. The average Bonchev–Trinajstić information content (AvgIpc) is 3.40. The minimum Gasteiger partial charge on any atom is -0.454 e. The van der Waals surface area contributed by atoms with E-state index in [4.69, 9.17) is 18.7 Å². The van der Waals surface area contributed by atoms with Crippen LogP contribution in [0.2, 0.25) is 0 Å². The summed E-state index contributed by atoms with van der Waals surface area (Å²) in [5.74, 6) is 2.94. The van der Waals surface area contributed by atoms with Crippen molar-refractivity contribution in [2.24, 2.45) is 5.92 Å². The third-order valence-corrected chi connectivity index (χ3v) is 4.97. The molecule has 0 radical (unpaired) electrons. The zero-order chi connectivity index (χ0) is 17.8. The lowest BCUT2D eigenvalue weighted by Gasteiger charge is -2.04. The van der Waals surface area contributed by atoms with Crippen LogP contribution in [0.5, 0.6) is 11.5 Å². The molecule has 26 heavy (non-hydrogen) atoms. The molecule has 2 aliphatic heterocycles. The maximum absolute atomic E-state index is 12.2. The van der Waals surface area contributed by atoms with Crippen molar-refractivity contribution in [2.75, 3.05) is 20.0 Å². The van der Waals surface area contributed by atoms with E-state index in [-0.39, 0.29) is 5.78 Å². The second-order valence-corrected chi connectivity index (χ2v) is 6.91. The molecule has 0 saturated carbocycles. The highest BCUT2D eigenvalue weighted by Crippen LogP contribution is 2.32. The molecule has 2 aliphatic rings. The van der Waals surface area contributed by atoms with Gasteiger partial charge in [0.05, 0.1) is 0 Å². The zero-order valence-electron chi connectivity index (χ0n) is 14.7. The lowest BCUT2D eigenvalue weighted by molar-refractivity contribution is 0.0962. The van der Waals surface area contributed by atoms with Gasteiger partial charge in [-0.3, -0.25) is 4.79 Å². The SMILES string of the molecule is O=C(CCC1CCOC1)c1cc(CCCc2ccc3c(c2)OCO3)on1. The van der Waals surface area contributed by atoms with Gasteiger partial charge in [-0.05, 0) is 49.3 Å². The fourth-order valence-electron chi connectivity index (χ4n) is 3.40. The number of carbonyl (C=O) groups is 1. The number of ether oxygens (including phenoxy) is 3. The summed E-state index contributed by atoms with van der Waals surface area (Å²) in [6.07, 6.45) is 5.01. The maximum Gasteiger partial charge on any atom is 0.231 e. The Kier molecular flexibility index (Phi) is 5.20. The van der Waals surface area contributed by atoms with E-state index in [9.17, 15) is 4.79 Å². The standard InChI is InChI=1S/C20H23NO5/c22-18(6-4-15-8-9-23-12-15)17-11-16(26-21-17)3-1-2-14-5-7-19-20(10-14)25-13-24-19/h5,7,10-11,15H,1-4,6,8-9,12-13H2. The molecule has 1 aromatic heterocycles. The molecule has 0 bridgehead atoms. The van der Waals surface area contributed by atoms with Crippen molar-refractivity contribution in [1.29, 1.82) is 0 Å². The van der Waals surface area contributed by atoms with Gasteiger partial charge in [0.15, 0.2) is 17.3 Å². The molecule has 1 unspecified atom stereocenters. The molecule has 1 fully saturated rings.